The molecule has 0 aliphatic heterocycles. The Bertz CT molecular complexity index is 902. The van der Waals surface area contributed by atoms with Gasteiger partial charge in [0.25, 0.3) is 0 Å². The van der Waals surface area contributed by atoms with Crippen molar-refractivity contribution in [2.24, 2.45) is 5.73 Å². The van der Waals surface area contributed by atoms with E-state index in [4.69, 9.17) is 28.9 Å². The maximum atomic E-state index is 6.56. The topological polar surface area (TPSA) is 41.8 Å². The lowest BCUT2D eigenvalue weighted by molar-refractivity contribution is 0.748. The van der Waals surface area contributed by atoms with Crippen molar-refractivity contribution in [1.82, 2.24) is 4.98 Å². The summed E-state index contributed by atoms with van der Waals surface area (Å²) in [6, 6.07) is 8.24. The van der Waals surface area contributed by atoms with Gasteiger partial charge in [0.2, 0.25) is 0 Å². The van der Waals surface area contributed by atoms with Crippen molar-refractivity contribution in [3.05, 3.63) is 56.6 Å². The molecule has 3 N–H and O–H groups in total. The second-order valence-electron chi connectivity index (χ2n) is 6.81. The smallest absolute Gasteiger partial charge is 0.0517 e. The number of nitrogens with two attached hydrogens (primary N) is 1. The van der Waals surface area contributed by atoms with Crippen LogP contribution in [0.4, 0.5) is 0 Å². The van der Waals surface area contributed by atoms with Gasteiger partial charge in [0.05, 0.1) is 10.7 Å². The normalized spacial score (nSPS) is 11.4. The van der Waals surface area contributed by atoms with E-state index in [2.05, 4.69) is 37.9 Å². The summed E-state index contributed by atoms with van der Waals surface area (Å²) in [6.07, 6.45) is 2.99. The second-order valence-corrected chi connectivity index (χ2v) is 7.65. The maximum absolute atomic E-state index is 6.56. The van der Waals surface area contributed by atoms with Crippen molar-refractivity contribution in [3.8, 4) is 11.3 Å². The third kappa shape index (κ3) is 3.57. The van der Waals surface area contributed by atoms with Gasteiger partial charge in [-0.15, -0.1) is 0 Å². The molecule has 4 heteroatoms. The monoisotopic (exact) mass is 374 g/mol. The highest BCUT2D eigenvalue weighted by Gasteiger charge is 2.19. The van der Waals surface area contributed by atoms with Gasteiger partial charge in [-0.05, 0) is 75.4 Å². The van der Waals surface area contributed by atoms with E-state index in [1.807, 2.05) is 12.1 Å². The Hall–Kier alpha value is -1.48. The summed E-state index contributed by atoms with van der Waals surface area (Å²) in [5.74, 6) is 0. The summed E-state index contributed by atoms with van der Waals surface area (Å²) >= 11 is 12.8. The summed E-state index contributed by atoms with van der Waals surface area (Å²) in [7, 11) is 0. The number of H-pyrrole nitrogens is 1. The highest BCUT2D eigenvalue weighted by molar-refractivity contribution is 6.39. The number of unbranched alkanes of at least 4 members (excludes halogenated alkanes) is 1. The zero-order valence-corrected chi connectivity index (χ0v) is 16.5. The number of hydrogen-bond acceptors (Lipinski definition) is 1. The number of benzene rings is 2. The van der Waals surface area contributed by atoms with Crippen molar-refractivity contribution in [2.45, 2.75) is 40.0 Å². The average molecular weight is 375 g/mol. The molecular weight excluding hydrogens is 351 g/mol. The number of halogens is 2. The standard InChI is InChI=1S/C21H24Cl2N2/c1-12-8-13(2)19(14(3)9-12)21-16(6-4-5-7-24)20-17(23)10-15(22)11-18(20)25-21/h8-11,25H,4-7,24H2,1-3H3. The molecule has 132 valence electrons. The van der Waals surface area contributed by atoms with Gasteiger partial charge < -0.3 is 10.7 Å². The van der Waals surface area contributed by atoms with Crippen LogP contribution < -0.4 is 5.73 Å². The molecule has 3 rings (SSSR count). The Balaban J connectivity index is 2.27. The number of rotatable bonds is 5. The van der Waals surface area contributed by atoms with Crippen molar-refractivity contribution < 1.29 is 0 Å². The zero-order valence-electron chi connectivity index (χ0n) is 15.0. The summed E-state index contributed by atoms with van der Waals surface area (Å²) in [5, 5.41) is 2.43. The number of nitrogens with one attached hydrogen (secondary N) is 1. The molecule has 0 saturated heterocycles. The molecular formula is C21H24Cl2N2. The molecule has 0 fully saturated rings. The van der Waals surface area contributed by atoms with Crippen LogP contribution in [0.25, 0.3) is 22.2 Å². The molecule has 0 bridgehead atoms. The van der Waals surface area contributed by atoms with Gasteiger partial charge in [0, 0.05) is 21.5 Å². The van der Waals surface area contributed by atoms with E-state index in [0.29, 0.717) is 16.6 Å². The molecule has 25 heavy (non-hydrogen) atoms. The summed E-state index contributed by atoms with van der Waals surface area (Å²) in [6.45, 7) is 7.17. The third-order valence-electron chi connectivity index (χ3n) is 4.73. The number of hydrogen-bond donors (Lipinski definition) is 2. The molecule has 1 heterocycles. The minimum Gasteiger partial charge on any atom is -0.354 e. The van der Waals surface area contributed by atoms with Gasteiger partial charge in [-0.3, -0.25) is 0 Å². The summed E-state index contributed by atoms with van der Waals surface area (Å²) in [4.78, 5) is 3.59. The molecule has 0 saturated carbocycles. The first kappa shape index (κ1) is 18.3. The minimum atomic E-state index is 0.649. The van der Waals surface area contributed by atoms with Crippen molar-refractivity contribution >= 4 is 34.1 Å². The van der Waals surface area contributed by atoms with Gasteiger partial charge in [-0.2, -0.15) is 0 Å². The highest BCUT2D eigenvalue weighted by Crippen LogP contribution is 2.39. The Kier molecular flexibility index (Phi) is 5.43. The van der Waals surface area contributed by atoms with E-state index in [1.165, 1.54) is 27.8 Å². The largest absolute Gasteiger partial charge is 0.354 e. The first-order valence-electron chi connectivity index (χ1n) is 8.70. The van der Waals surface area contributed by atoms with E-state index >= 15 is 0 Å². The lowest BCUT2D eigenvalue weighted by Gasteiger charge is -2.13. The number of aromatic nitrogens is 1. The summed E-state index contributed by atoms with van der Waals surface area (Å²) in [5.41, 5.74) is 14.2. The summed E-state index contributed by atoms with van der Waals surface area (Å²) < 4.78 is 0. The van der Waals surface area contributed by atoms with E-state index in [1.54, 1.807) is 0 Å². The lowest BCUT2D eigenvalue weighted by Crippen LogP contribution is -2.00. The van der Waals surface area contributed by atoms with Crippen LogP contribution in [0.3, 0.4) is 0 Å². The molecule has 0 aliphatic carbocycles. The van der Waals surface area contributed by atoms with Crippen LogP contribution >= 0.6 is 23.2 Å². The van der Waals surface area contributed by atoms with Crippen LogP contribution in [0.2, 0.25) is 10.0 Å². The van der Waals surface area contributed by atoms with Crippen LogP contribution in [0, 0.1) is 20.8 Å². The zero-order chi connectivity index (χ0) is 18.1. The van der Waals surface area contributed by atoms with E-state index in [-0.39, 0.29) is 0 Å². The van der Waals surface area contributed by atoms with Gasteiger partial charge in [0.1, 0.15) is 0 Å². The maximum Gasteiger partial charge on any atom is 0.0517 e. The Morgan fingerprint density at radius 3 is 2.28 bits per heavy atom. The van der Waals surface area contributed by atoms with E-state index in [9.17, 15) is 0 Å². The van der Waals surface area contributed by atoms with Crippen LogP contribution in [0.15, 0.2) is 24.3 Å². The molecule has 1 aromatic heterocycles. The minimum absolute atomic E-state index is 0.649. The van der Waals surface area contributed by atoms with Crippen LogP contribution in [0.5, 0.6) is 0 Å². The van der Waals surface area contributed by atoms with Crippen molar-refractivity contribution in [1.29, 1.82) is 0 Å². The lowest BCUT2D eigenvalue weighted by atomic mass is 9.93. The Morgan fingerprint density at radius 2 is 1.64 bits per heavy atom. The Morgan fingerprint density at radius 1 is 0.960 bits per heavy atom. The number of aromatic amines is 1. The first-order valence-corrected chi connectivity index (χ1v) is 9.46. The van der Waals surface area contributed by atoms with Crippen LogP contribution in [0.1, 0.15) is 35.1 Å². The predicted molar refractivity (Wildman–Crippen MR) is 110 cm³/mol. The fraction of sp³-hybridized carbons (Fsp3) is 0.333. The van der Waals surface area contributed by atoms with Crippen LogP contribution in [-0.4, -0.2) is 11.5 Å². The second kappa shape index (κ2) is 7.41. The molecule has 0 atom stereocenters. The van der Waals surface area contributed by atoms with Gasteiger partial charge in [0.15, 0.2) is 0 Å². The van der Waals surface area contributed by atoms with Crippen LogP contribution in [-0.2, 0) is 6.42 Å². The first-order chi connectivity index (χ1) is 11.9. The molecule has 2 nitrogen and oxygen atoms in total. The number of aryl methyl sites for hydroxylation is 4. The molecule has 0 spiro atoms. The van der Waals surface area contributed by atoms with Gasteiger partial charge in [-0.25, -0.2) is 0 Å². The third-order valence-corrected chi connectivity index (χ3v) is 5.24. The SMILES string of the molecule is Cc1cc(C)c(-c2[nH]c3cc(Cl)cc(Cl)c3c2CCCCN)c(C)c1. The molecule has 0 amide bonds. The van der Waals surface area contributed by atoms with Crippen molar-refractivity contribution in [3.63, 3.8) is 0 Å². The fourth-order valence-corrected chi connectivity index (χ4v) is 4.41. The number of fused-ring (bicyclic) bond motifs is 1. The Labute approximate surface area is 159 Å². The highest BCUT2D eigenvalue weighted by atomic mass is 35.5. The molecule has 0 unspecified atom stereocenters. The molecule has 0 aliphatic rings. The average Bonchev–Trinajstić information content (AvgIpc) is 2.85. The quantitative estimate of drug-likeness (QED) is 0.502. The van der Waals surface area contributed by atoms with Gasteiger partial charge >= 0.3 is 0 Å². The molecule has 2 aromatic carbocycles. The predicted octanol–water partition coefficient (Wildman–Crippen LogP) is 6.35. The molecule has 0 radical (unpaired) electrons. The van der Waals surface area contributed by atoms with E-state index < -0.39 is 0 Å². The fourth-order valence-electron chi connectivity index (χ4n) is 3.80. The van der Waals surface area contributed by atoms with Gasteiger partial charge in [-0.1, -0.05) is 40.9 Å². The van der Waals surface area contributed by atoms with Crippen molar-refractivity contribution in [2.75, 3.05) is 6.54 Å². The van der Waals surface area contributed by atoms with E-state index in [0.717, 1.165) is 35.9 Å². The molecule has 3 aromatic rings.